The minimum absolute atomic E-state index is 0.00491. The molecule has 0 unspecified atom stereocenters. The van der Waals surface area contributed by atoms with Crippen LogP contribution in [-0.4, -0.2) is 38.5 Å². The number of carboxylic acid groups (broad SMARTS) is 1. The Hall–Kier alpha value is -1.92. The van der Waals surface area contributed by atoms with E-state index in [9.17, 15) is 9.59 Å². The lowest BCUT2D eigenvalue weighted by Crippen LogP contribution is -2.30. The Morgan fingerprint density at radius 3 is 2.83 bits per heavy atom. The van der Waals surface area contributed by atoms with Crippen molar-refractivity contribution in [2.75, 3.05) is 6.54 Å². The highest BCUT2D eigenvalue weighted by Crippen LogP contribution is 2.28. The van der Waals surface area contributed by atoms with Crippen molar-refractivity contribution in [3.8, 4) is 0 Å². The molecule has 0 atom stereocenters. The molecule has 1 aromatic heterocycles. The van der Waals surface area contributed by atoms with Crippen LogP contribution in [0.5, 0.6) is 0 Å². The summed E-state index contributed by atoms with van der Waals surface area (Å²) in [7, 11) is 0. The summed E-state index contributed by atoms with van der Waals surface area (Å²) in [6.07, 6.45) is 6.09. The molecule has 1 aliphatic carbocycles. The molecule has 1 heterocycles. The Morgan fingerprint density at radius 1 is 1.50 bits per heavy atom. The second-order valence-electron chi connectivity index (χ2n) is 4.54. The summed E-state index contributed by atoms with van der Waals surface area (Å²) >= 11 is 0. The van der Waals surface area contributed by atoms with Gasteiger partial charge in [0, 0.05) is 6.54 Å². The van der Waals surface area contributed by atoms with Gasteiger partial charge in [-0.3, -0.25) is 4.79 Å². The van der Waals surface area contributed by atoms with Gasteiger partial charge in [0.05, 0.1) is 6.20 Å². The van der Waals surface area contributed by atoms with Crippen molar-refractivity contribution in [3.05, 3.63) is 11.9 Å². The first-order valence-electron chi connectivity index (χ1n) is 6.05. The van der Waals surface area contributed by atoms with Gasteiger partial charge < -0.3 is 10.4 Å². The molecular formula is C11H16N4O3. The van der Waals surface area contributed by atoms with E-state index in [1.165, 1.54) is 30.1 Å². The van der Waals surface area contributed by atoms with E-state index in [1.807, 2.05) is 0 Å². The summed E-state index contributed by atoms with van der Waals surface area (Å²) in [5.41, 5.74) is -0.155. The van der Waals surface area contributed by atoms with E-state index in [2.05, 4.69) is 15.6 Å². The van der Waals surface area contributed by atoms with Crippen LogP contribution in [0.4, 0.5) is 0 Å². The van der Waals surface area contributed by atoms with Gasteiger partial charge in [0.15, 0.2) is 5.69 Å². The Labute approximate surface area is 104 Å². The summed E-state index contributed by atoms with van der Waals surface area (Å²) in [6.45, 7) is 0.676. The zero-order valence-electron chi connectivity index (χ0n) is 10.0. The molecule has 0 radical (unpaired) electrons. The predicted molar refractivity (Wildman–Crippen MR) is 61.9 cm³/mol. The first-order chi connectivity index (χ1) is 8.65. The van der Waals surface area contributed by atoms with Gasteiger partial charge in [0.1, 0.15) is 6.54 Å². The molecule has 1 aliphatic rings. The maximum Gasteiger partial charge on any atom is 0.358 e. The maximum atomic E-state index is 11.5. The summed E-state index contributed by atoms with van der Waals surface area (Å²) in [5.74, 6) is -0.557. The quantitative estimate of drug-likeness (QED) is 0.758. The topological polar surface area (TPSA) is 97.1 Å². The van der Waals surface area contributed by atoms with Gasteiger partial charge in [-0.25, -0.2) is 9.48 Å². The summed E-state index contributed by atoms with van der Waals surface area (Å²) in [4.78, 5) is 22.1. The van der Waals surface area contributed by atoms with Gasteiger partial charge in [-0.05, 0) is 12.3 Å². The van der Waals surface area contributed by atoms with Crippen molar-refractivity contribution in [1.82, 2.24) is 20.3 Å². The van der Waals surface area contributed by atoms with E-state index in [4.69, 9.17) is 5.11 Å². The zero-order chi connectivity index (χ0) is 13.0. The molecule has 98 valence electrons. The standard InChI is InChI=1S/C11H16N4O3/c16-10(12-5-4-8-2-1-3-8)7-15-6-9(11(17)18)13-14-15/h6,8H,1-5,7H2,(H,12,16)(H,17,18). The molecule has 0 aliphatic heterocycles. The van der Waals surface area contributed by atoms with E-state index in [1.54, 1.807) is 0 Å². The fourth-order valence-corrected chi connectivity index (χ4v) is 1.87. The first kappa shape index (κ1) is 12.5. The summed E-state index contributed by atoms with van der Waals surface area (Å²) < 4.78 is 1.22. The smallest absolute Gasteiger partial charge is 0.358 e. The fourth-order valence-electron chi connectivity index (χ4n) is 1.87. The third-order valence-corrected chi connectivity index (χ3v) is 3.16. The van der Waals surface area contributed by atoms with Crippen LogP contribution in [0, 0.1) is 5.92 Å². The molecule has 1 saturated carbocycles. The molecule has 0 spiro atoms. The number of aromatic carboxylic acids is 1. The number of carbonyl (C=O) groups is 2. The normalized spacial score (nSPS) is 15.1. The van der Waals surface area contributed by atoms with Crippen molar-refractivity contribution in [1.29, 1.82) is 0 Å². The van der Waals surface area contributed by atoms with Crippen molar-refractivity contribution < 1.29 is 14.7 Å². The number of hydrogen-bond donors (Lipinski definition) is 2. The molecule has 0 saturated heterocycles. The molecule has 2 N–H and O–H groups in total. The molecule has 18 heavy (non-hydrogen) atoms. The molecule has 7 heteroatoms. The number of amides is 1. The average molecular weight is 252 g/mol. The number of carbonyl (C=O) groups excluding carboxylic acids is 1. The van der Waals surface area contributed by atoms with Crippen LogP contribution in [0.1, 0.15) is 36.2 Å². The molecule has 1 aromatic rings. The SMILES string of the molecule is O=C(Cn1cc(C(=O)O)nn1)NCCC1CCC1. The van der Waals surface area contributed by atoms with E-state index < -0.39 is 5.97 Å². The monoisotopic (exact) mass is 252 g/mol. The fraction of sp³-hybridized carbons (Fsp3) is 0.636. The number of aromatic nitrogens is 3. The molecule has 0 aromatic carbocycles. The Morgan fingerprint density at radius 2 is 2.28 bits per heavy atom. The Bertz CT molecular complexity index is 439. The van der Waals surface area contributed by atoms with Crippen LogP contribution >= 0.6 is 0 Å². The van der Waals surface area contributed by atoms with E-state index >= 15 is 0 Å². The van der Waals surface area contributed by atoms with Gasteiger partial charge in [0.2, 0.25) is 5.91 Å². The van der Waals surface area contributed by atoms with Crippen LogP contribution in [-0.2, 0) is 11.3 Å². The van der Waals surface area contributed by atoms with Crippen molar-refractivity contribution >= 4 is 11.9 Å². The lowest BCUT2D eigenvalue weighted by atomic mass is 9.83. The van der Waals surface area contributed by atoms with E-state index in [0.29, 0.717) is 6.54 Å². The van der Waals surface area contributed by atoms with Crippen LogP contribution in [0.25, 0.3) is 0 Å². The average Bonchev–Trinajstić information content (AvgIpc) is 2.70. The highest BCUT2D eigenvalue weighted by molar-refractivity contribution is 5.84. The Balaban J connectivity index is 1.70. The van der Waals surface area contributed by atoms with Crippen molar-refractivity contribution in [3.63, 3.8) is 0 Å². The number of carboxylic acids is 1. The van der Waals surface area contributed by atoms with Crippen LogP contribution in [0.2, 0.25) is 0 Å². The molecule has 2 rings (SSSR count). The van der Waals surface area contributed by atoms with Gasteiger partial charge in [-0.2, -0.15) is 0 Å². The lowest BCUT2D eigenvalue weighted by molar-refractivity contribution is -0.121. The highest BCUT2D eigenvalue weighted by Gasteiger charge is 2.17. The third-order valence-electron chi connectivity index (χ3n) is 3.16. The van der Waals surface area contributed by atoms with Crippen molar-refractivity contribution in [2.24, 2.45) is 5.92 Å². The predicted octanol–water partition coefficient (Wildman–Crippen LogP) is 0.283. The zero-order valence-corrected chi connectivity index (χ0v) is 10.0. The third kappa shape index (κ3) is 3.28. The largest absolute Gasteiger partial charge is 0.476 e. The van der Waals surface area contributed by atoms with Gasteiger partial charge in [0.25, 0.3) is 0 Å². The number of hydrogen-bond acceptors (Lipinski definition) is 4. The lowest BCUT2D eigenvalue weighted by Gasteiger charge is -2.25. The van der Waals surface area contributed by atoms with E-state index in [0.717, 1.165) is 12.3 Å². The Kier molecular flexibility index (Phi) is 3.91. The minimum atomic E-state index is -1.15. The molecule has 7 nitrogen and oxygen atoms in total. The van der Waals surface area contributed by atoms with Crippen molar-refractivity contribution in [2.45, 2.75) is 32.2 Å². The highest BCUT2D eigenvalue weighted by atomic mass is 16.4. The van der Waals surface area contributed by atoms with E-state index in [-0.39, 0.29) is 18.1 Å². The second kappa shape index (κ2) is 5.61. The summed E-state index contributed by atoms with van der Waals surface area (Å²) in [6, 6.07) is 0. The van der Waals surface area contributed by atoms with Crippen LogP contribution in [0.15, 0.2) is 6.20 Å². The molecule has 1 fully saturated rings. The maximum absolute atomic E-state index is 11.5. The number of rotatable bonds is 6. The minimum Gasteiger partial charge on any atom is -0.476 e. The van der Waals surface area contributed by atoms with Crippen LogP contribution in [0.3, 0.4) is 0 Å². The second-order valence-corrected chi connectivity index (χ2v) is 4.54. The molecule has 0 bridgehead atoms. The molecular weight excluding hydrogens is 236 g/mol. The number of nitrogens with one attached hydrogen (secondary N) is 1. The number of nitrogens with zero attached hydrogens (tertiary/aromatic N) is 3. The van der Waals surface area contributed by atoms with Gasteiger partial charge in [-0.1, -0.05) is 24.5 Å². The van der Waals surface area contributed by atoms with Gasteiger partial charge >= 0.3 is 5.97 Å². The van der Waals surface area contributed by atoms with Gasteiger partial charge in [-0.15, -0.1) is 5.10 Å². The molecule has 1 amide bonds. The van der Waals surface area contributed by atoms with Crippen LogP contribution < -0.4 is 5.32 Å². The summed E-state index contributed by atoms with van der Waals surface area (Å²) in [5, 5.41) is 18.5. The first-order valence-corrected chi connectivity index (χ1v) is 6.05.